The quantitative estimate of drug-likeness (QED) is 0.893. The van der Waals surface area contributed by atoms with Crippen LogP contribution in [0.4, 0.5) is 4.79 Å². The van der Waals surface area contributed by atoms with E-state index in [1.54, 1.807) is 0 Å². The highest BCUT2D eigenvalue weighted by Gasteiger charge is 2.14. The Balaban J connectivity index is 2.66. The van der Waals surface area contributed by atoms with Crippen molar-refractivity contribution < 1.29 is 9.53 Å². The van der Waals surface area contributed by atoms with Gasteiger partial charge in [-0.3, -0.25) is 0 Å². The summed E-state index contributed by atoms with van der Waals surface area (Å²) >= 11 is 0. The summed E-state index contributed by atoms with van der Waals surface area (Å²) in [5, 5.41) is 2.69. The summed E-state index contributed by atoms with van der Waals surface area (Å²) in [5.41, 5.74) is 4.05. The van der Waals surface area contributed by atoms with Gasteiger partial charge in [-0.05, 0) is 35.4 Å². The monoisotopic (exact) mass is 249 g/mol. The summed E-state index contributed by atoms with van der Waals surface area (Å²) in [4.78, 5) is 10.9. The van der Waals surface area contributed by atoms with Gasteiger partial charge < -0.3 is 10.1 Å². The Morgan fingerprint density at radius 1 is 1.33 bits per heavy atom. The van der Waals surface area contributed by atoms with Crippen LogP contribution in [-0.4, -0.2) is 19.7 Å². The van der Waals surface area contributed by atoms with E-state index in [2.05, 4.69) is 55.9 Å². The fourth-order valence-corrected chi connectivity index (χ4v) is 1.81. The van der Waals surface area contributed by atoms with Gasteiger partial charge in [0.05, 0.1) is 7.11 Å². The zero-order valence-corrected chi connectivity index (χ0v) is 12.0. The largest absolute Gasteiger partial charge is 0.453 e. The normalized spacial score (nSPS) is 11.2. The summed E-state index contributed by atoms with van der Waals surface area (Å²) in [7, 11) is 1.37. The number of alkyl carbamates (subject to hydrolysis) is 1. The Bertz CT molecular complexity index is 419. The third-order valence-corrected chi connectivity index (χ3v) is 3.06. The number of aryl methyl sites for hydroxylation is 1. The van der Waals surface area contributed by atoms with Crippen molar-refractivity contribution in [1.29, 1.82) is 0 Å². The van der Waals surface area contributed by atoms with Crippen molar-refractivity contribution >= 4 is 6.09 Å². The minimum atomic E-state index is -0.376. The fourth-order valence-electron chi connectivity index (χ4n) is 1.81. The molecule has 18 heavy (non-hydrogen) atoms. The van der Waals surface area contributed by atoms with E-state index in [0.717, 1.165) is 6.42 Å². The first kappa shape index (κ1) is 14.6. The zero-order chi connectivity index (χ0) is 13.8. The van der Waals surface area contributed by atoms with E-state index in [4.69, 9.17) is 0 Å². The van der Waals surface area contributed by atoms with Gasteiger partial charge in [-0.15, -0.1) is 0 Å². The molecular formula is C15H23NO2. The molecule has 0 saturated heterocycles. The molecule has 1 aromatic carbocycles. The van der Waals surface area contributed by atoms with Crippen molar-refractivity contribution in [3.05, 3.63) is 34.9 Å². The molecule has 1 rings (SSSR count). The van der Waals surface area contributed by atoms with Crippen LogP contribution in [0.5, 0.6) is 0 Å². The minimum Gasteiger partial charge on any atom is -0.453 e. The van der Waals surface area contributed by atoms with E-state index in [-0.39, 0.29) is 11.5 Å². The van der Waals surface area contributed by atoms with Gasteiger partial charge in [-0.1, -0.05) is 39.0 Å². The van der Waals surface area contributed by atoms with E-state index in [1.165, 1.54) is 23.8 Å². The van der Waals surface area contributed by atoms with Gasteiger partial charge in [0.15, 0.2) is 0 Å². The van der Waals surface area contributed by atoms with Gasteiger partial charge in [0, 0.05) is 6.54 Å². The van der Waals surface area contributed by atoms with Crippen LogP contribution in [0.1, 0.15) is 37.5 Å². The Morgan fingerprint density at radius 3 is 2.50 bits per heavy atom. The van der Waals surface area contributed by atoms with Crippen LogP contribution < -0.4 is 5.32 Å². The molecule has 0 saturated carbocycles. The van der Waals surface area contributed by atoms with Crippen LogP contribution in [-0.2, 0) is 16.6 Å². The molecule has 1 N–H and O–H groups in total. The molecule has 3 heteroatoms. The SMILES string of the molecule is COC(=O)NCCc1ccc(C(C)(C)C)cc1C. The molecule has 1 amide bonds. The first-order chi connectivity index (χ1) is 8.34. The second-order valence-electron chi connectivity index (χ2n) is 5.56. The van der Waals surface area contributed by atoms with Crippen LogP contribution in [0.25, 0.3) is 0 Å². The Morgan fingerprint density at radius 2 is 2.00 bits per heavy atom. The van der Waals surface area contributed by atoms with Gasteiger partial charge in [-0.2, -0.15) is 0 Å². The highest BCUT2D eigenvalue weighted by molar-refractivity contribution is 5.66. The number of ether oxygens (including phenoxy) is 1. The molecule has 0 aliphatic carbocycles. The fraction of sp³-hybridized carbons (Fsp3) is 0.533. The molecule has 0 spiro atoms. The number of rotatable bonds is 3. The van der Waals surface area contributed by atoms with E-state index in [9.17, 15) is 4.79 Å². The number of carbonyl (C=O) groups excluding carboxylic acids is 1. The summed E-state index contributed by atoms with van der Waals surface area (Å²) < 4.78 is 4.53. The van der Waals surface area contributed by atoms with Gasteiger partial charge >= 0.3 is 6.09 Å². The topological polar surface area (TPSA) is 38.3 Å². The van der Waals surface area contributed by atoms with Crippen LogP contribution in [0.2, 0.25) is 0 Å². The molecule has 0 fully saturated rings. The molecule has 0 radical (unpaired) electrons. The second-order valence-corrected chi connectivity index (χ2v) is 5.56. The van der Waals surface area contributed by atoms with Crippen LogP contribution in [0, 0.1) is 6.92 Å². The Hall–Kier alpha value is -1.51. The van der Waals surface area contributed by atoms with Crippen LogP contribution in [0.15, 0.2) is 18.2 Å². The first-order valence-electron chi connectivity index (χ1n) is 6.26. The first-order valence-corrected chi connectivity index (χ1v) is 6.26. The third kappa shape index (κ3) is 4.06. The molecule has 0 unspecified atom stereocenters. The minimum absolute atomic E-state index is 0.174. The molecule has 0 heterocycles. The standard InChI is InChI=1S/C15H23NO2/c1-11-10-13(15(2,3)4)7-6-12(11)8-9-16-14(17)18-5/h6-7,10H,8-9H2,1-5H3,(H,16,17). The summed E-state index contributed by atoms with van der Waals surface area (Å²) in [6.45, 7) is 9.34. The maximum Gasteiger partial charge on any atom is 0.406 e. The predicted octanol–water partition coefficient (Wildman–Crippen LogP) is 3.19. The molecule has 3 nitrogen and oxygen atoms in total. The van der Waals surface area contributed by atoms with Crippen molar-refractivity contribution in [3.63, 3.8) is 0 Å². The van der Waals surface area contributed by atoms with Crippen molar-refractivity contribution in [2.45, 2.75) is 39.5 Å². The molecule has 0 aliphatic heterocycles. The van der Waals surface area contributed by atoms with E-state index in [0.29, 0.717) is 6.54 Å². The van der Waals surface area contributed by atoms with Crippen LogP contribution in [0.3, 0.4) is 0 Å². The number of carbonyl (C=O) groups is 1. The molecule has 0 bridgehead atoms. The lowest BCUT2D eigenvalue weighted by molar-refractivity contribution is 0.171. The van der Waals surface area contributed by atoms with Gasteiger partial charge in [-0.25, -0.2) is 4.79 Å². The number of methoxy groups -OCH3 is 1. The van der Waals surface area contributed by atoms with E-state index in [1.807, 2.05) is 0 Å². The summed E-state index contributed by atoms with van der Waals surface area (Å²) in [5.74, 6) is 0. The number of amides is 1. The Kier molecular flexibility index (Phi) is 4.76. The molecular weight excluding hydrogens is 226 g/mol. The van der Waals surface area contributed by atoms with Crippen molar-refractivity contribution in [2.24, 2.45) is 0 Å². The highest BCUT2D eigenvalue weighted by atomic mass is 16.5. The maximum absolute atomic E-state index is 10.9. The second kappa shape index (κ2) is 5.89. The van der Waals surface area contributed by atoms with Crippen molar-refractivity contribution in [1.82, 2.24) is 5.32 Å². The third-order valence-electron chi connectivity index (χ3n) is 3.06. The number of hydrogen-bond donors (Lipinski definition) is 1. The average Bonchev–Trinajstić information content (AvgIpc) is 2.29. The predicted molar refractivity (Wildman–Crippen MR) is 74.0 cm³/mol. The molecule has 100 valence electrons. The maximum atomic E-state index is 10.9. The average molecular weight is 249 g/mol. The lowest BCUT2D eigenvalue weighted by Crippen LogP contribution is -2.25. The summed E-state index contributed by atoms with van der Waals surface area (Å²) in [6.07, 6.45) is 0.449. The van der Waals surface area contributed by atoms with Gasteiger partial charge in [0.25, 0.3) is 0 Å². The molecule has 0 aliphatic rings. The van der Waals surface area contributed by atoms with Gasteiger partial charge in [0.1, 0.15) is 0 Å². The van der Waals surface area contributed by atoms with E-state index < -0.39 is 0 Å². The highest BCUT2D eigenvalue weighted by Crippen LogP contribution is 2.24. The lowest BCUT2D eigenvalue weighted by Gasteiger charge is -2.20. The number of hydrogen-bond acceptors (Lipinski definition) is 2. The molecule has 0 atom stereocenters. The van der Waals surface area contributed by atoms with Crippen molar-refractivity contribution in [2.75, 3.05) is 13.7 Å². The Labute approximate surface area is 110 Å². The zero-order valence-electron chi connectivity index (χ0n) is 12.0. The van der Waals surface area contributed by atoms with Crippen LogP contribution >= 0.6 is 0 Å². The van der Waals surface area contributed by atoms with Gasteiger partial charge in [0.2, 0.25) is 0 Å². The van der Waals surface area contributed by atoms with Crippen molar-refractivity contribution in [3.8, 4) is 0 Å². The lowest BCUT2D eigenvalue weighted by atomic mass is 9.85. The summed E-state index contributed by atoms with van der Waals surface area (Å²) in [6, 6.07) is 6.54. The molecule has 0 aromatic heterocycles. The number of nitrogens with one attached hydrogen (secondary N) is 1. The smallest absolute Gasteiger partial charge is 0.406 e. The molecule has 1 aromatic rings. The number of benzene rings is 1. The van der Waals surface area contributed by atoms with E-state index >= 15 is 0 Å².